The van der Waals surface area contributed by atoms with Crippen molar-refractivity contribution in [3.05, 3.63) is 52.5 Å². The molecule has 2 rings (SSSR count). The topological polar surface area (TPSA) is 89.1 Å². The molecule has 29 heavy (non-hydrogen) atoms. The van der Waals surface area contributed by atoms with Crippen LogP contribution in [-0.4, -0.2) is 36.7 Å². The Morgan fingerprint density at radius 2 is 1.79 bits per heavy atom. The zero-order chi connectivity index (χ0) is 20.7. The van der Waals surface area contributed by atoms with Crippen LogP contribution in [0.5, 0.6) is 11.5 Å². The van der Waals surface area contributed by atoms with Gasteiger partial charge >= 0.3 is 6.36 Å². The number of halogens is 6. The molecule has 0 aliphatic rings. The third-order valence-corrected chi connectivity index (χ3v) is 4.00. The van der Waals surface area contributed by atoms with Gasteiger partial charge in [-0.25, -0.2) is 0 Å². The molecule has 0 bridgehead atoms. The summed E-state index contributed by atoms with van der Waals surface area (Å²) in [6.45, 7) is -0.316. The molecular weight excluding hydrogens is 549 g/mol. The largest absolute Gasteiger partial charge is 0.573 e. The molecule has 0 amide bonds. The quantitative estimate of drug-likeness (QED) is 0.258. The summed E-state index contributed by atoms with van der Waals surface area (Å²) in [5.41, 5.74) is 5.62. The predicted molar refractivity (Wildman–Crippen MR) is 117 cm³/mol. The number of nitrogens with two attached hydrogens (primary N) is 1. The van der Waals surface area contributed by atoms with Crippen molar-refractivity contribution in [3.8, 4) is 11.5 Å². The second-order valence-electron chi connectivity index (χ2n) is 5.41. The second kappa shape index (κ2) is 11.5. The first-order valence-electron chi connectivity index (χ1n) is 7.82. The average Bonchev–Trinajstić information content (AvgIpc) is 2.61. The lowest BCUT2D eigenvalue weighted by Crippen LogP contribution is -2.27. The lowest BCUT2D eigenvalue weighted by Gasteiger charge is -2.15. The molecule has 0 aromatic heterocycles. The Morgan fingerprint density at radius 1 is 1.14 bits per heavy atom. The van der Waals surface area contributed by atoms with Gasteiger partial charge in [-0.05, 0) is 24.3 Å². The molecule has 1 unspecified atom stereocenters. The van der Waals surface area contributed by atoms with Crippen LogP contribution in [0.2, 0.25) is 10.0 Å². The summed E-state index contributed by atoms with van der Waals surface area (Å²) < 4.78 is 46.5. The summed E-state index contributed by atoms with van der Waals surface area (Å²) in [5, 5.41) is 12.9. The van der Waals surface area contributed by atoms with Crippen LogP contribution in [0, 0.1) is 0 Å². The smallest absolute Gasteiger partial charge is 0.489 e. The molecule has 0 saturated carbocycles. The highest BCUT2D eigenvalue weighted by atomic mass is 127. The van der Waals surface area contributed by atoms with E-state index in [0.717, 1.165) is 6.07 Å². The number of guanidine groups is 1. The van der Waals surface area contributed by atoms with Crippen molar-refractivity contribution in [2.24, 2.45) is 10.7 Å². The summed E-state index contributed by atoms with van der Waals surface area (Å²) in [6, 6.07) is 10.1. The summed E-state index contributed by atoms with van der Waals surface area (Å²) in [6.07, 6.45) is -5.89. The maximum absolute atomic E-state index is 12.4. The Kier molecular flexibility index (Phi) is 10.1. The molecule has 160 valence electrons. The van der Waals surface area contributed by atoms with Crippen LogP contribution in [0.15, 0.2) is 47.5 Å². The van der Waals surface area contributed by atoms with Gasteiger partial charge in [0.25, 0.3) is 0 Å². The molecule has 0 fully saturated rings. The Labute approximate surface area is 191 Å². The number of nitrogens with zero attached hydrogens (tertiary/aromatic N) is 1. The van der Waals surface area contributed by atoms with Crippen molar-refractivity contribution in [2.75, 3.05) is 18.5 Å². The van der Waals surface area contributed by atoms with E-state index in [2.05, 4.69) is 15.0 Å². The molecule has 2 aromatic carbocycles. The first-order chi connectivity index (χ1) is 13.2. The minimum Gasteiger partial charge on any atom is -0.489 e. The summed E-state index contributed by atoms with van der Waals surface area (Å²) in [7, 11) is 0. The fraction of sp³-hybridized carbons (Fsp3) is 0.235. The summed E-state index contributed by atoms with van der Waals surface area (Å²) in [4.78, 5) is 3.87. The predicted octanol–water partition coefficient (Wildman–Crippen LogP) is 4.68. The Balaban J connectivity index is 0.00000420. The van der Waals surface area contributed by atoms with Gasteiger partial charge < -0.3 is 25.6 Å². The van der Waals surface area contributed by atoms with E-state index in [1.54, 1.807) is 18.2 Å². The fourth-order valence-electron chi connectivity index (χ4n) is 2.00. The van der Waals surface area contributed by atoms with Crippen LogP contribution in [0.3, 0.4) is 0 Å². The van der Waals surface area contributed by atoms with Gasteiger partial charge in [-0.2, -0.15) is 0 Å². The van der Waals surface area contributed by atoms with Crippen molar-refractivity contribution in [1.29, 1.82) is 0 Å². The van der Waals surface area contributed by atoms with Crippen LogP contribution < -0.4 is 20.5 Å². The molecule has 0 heterocycles. The van der Waals surface area contributed by atoms with Crippen LogP contribution in [0.1, 0.15) is 0 Å². The van der Waals surface area contributed by atoms with Crippen molar-refractivity contribution in [3.63, 3.8) is 0 Å². The van der Waals surface area contributed by atoms with Gasteiger partial charge in [0.05, 0.1) is 17.3 Å². The standard InChI is InChI=1S/C17H16Cl2F3N3O3.HI/c18-11-4-3-7-14(15(11)19)27-9-10(26)8-24-16(23)25-12-5-1-2-6-13(12)28-17(20,21)22;/h1-7,10,26H,8-9H2,(H3,23,24,25);1H. The minimum atomic E-state index is -4.85. The third kappa shape index (κ3) is 8.72. The third-order valence-electron chi connectivity index (χ3n) is 3.20. The van der Waals surface area contributed by atoms with Gasteiger partial charge in [0.2, 0.25) is 0 Å². The van der Waals surface area contributed by atoms with Crippen LogP contribution in [-0.2, 0) is 0 Å². The Hall–Kier alpha value is -1.63. The SMILES string of the molecule is I.NC(=NCC(O)COc1cccc(Cl)c1Cl)Nc1ccccc1OC(F)(F)F. The minimum absolute atomic E-state index is 0. The van der Waals surface area contributed by atoms with E-state index in [1.165, 1.54) is 18.2 Å². The number of alkyl halides is 3. The average molecular weight is 566 g/mol. The van der Waals surface area contributed by atoms with E-state index >= 15 is 0 Å². The number of aliphatic imine (C=N–C) groups is 1. The number of aliphatic hydroxyl groups excluding tert-OH is 1. The van der Waals surface area contributed by atoms with Gasteiger partial charge in [-0.1, -0.05) is 41.4 Å². The molecule has 6 nitrogen and oxygen atoms in total. The van der Waals surface area contributed by atoms with E-state index in [1.807, 2.05) is 0 Å². The van der Waals surface area contributed by atoms with Gasteiger partial charge in [-0.3, -0.25) is 4.99 Å². The number of para-hydroxylation sites is 2. The number of hydrogen-bond acceptors (Lipinski definition) is 4. The first-order valence-corrected chi connectivity index (χ1v) is 8.58. The van der Waals surface area contributed by atoms with Crippen molar-refractivity contribution in [2.45, 2.75) is 12.5 Å². The summed E-state index contributed by atoms with van der Waals surface area (Å²) >= 11 is 11.8. The van der Waals surface area contributed by atoms with Crippen molar-refractivity contribution >= 4 is 58.8 Å². The number of rotatable bonds is 7. The molecule has 0 spiro atoms. The van der Waals surface area contributed by atoms with Crippen LogP contribution in [0.25, 0.3) is 0 Å². The molecule has 0 aliphatic carbocycles. The monoisotopic (exact) mass is 565 g/mol. The molecule has 0 aliphatic heterocycles. The maximum Gasteiger partial charge on any atom is 0.573 e. The van der Waals surface area contributed by atoms with E-state index in [9.17, 15) is 18.3 Å². The molecule has 4 N–H and O–H groups in total. The molecule has 12 heteroatoms. The van der Waals surface area contributed by atoms with E-state index in [-0.39, 0.29) is 53.8 Å². The molecule has 1 atom stereocenters. The van der Waals surface area contributed by atoms with Gasteiger partial charge in [0, 0.05) is 0 Å². The highest BCUT2D eigenvalue weighted by Crippen LogP contribution is 2.31. The number of aliphatic hydroxyl groups is 1. The number of benzene rings is 2. The lowest BCUT2D eigenvalue weighted by atomic mass is 10.3. The molecule has 2 aromatic rings. The van der Waals surface area contributed by atoms with E-state index in [0.29, 0.717) is 10.8 Å². The highest BCUT2D eigenvalue weighted by Gasteiger charge is 2.32. The van der Waals surface area contributed by atoms with Crippen LogP contribution >= 0.6 is 47.2 Å². The number of anilines is 1. The zero-order valence-electron chi connectivity index (χ0n) is 14.6. The van der Waals surface area contributed by atoms with Crippen LogP contribution in [0.4, 0.5) is 18.9 Å². The Morgan fingerprint density at radius 3 is 2.48 bits per heavy atom. The lowest BCUT2D eigenvalue weighted by molar-refractivity contribution is -0.274. The molecular formula is C17H17Cl2F3IN3O3. The Bertz CT molecular complexity index is 841. The first kappa shape index (κ1) is 25.4. The molecule has 0 saturated heterocycles. The zero-order valence-corrected chi connectivity index (χ0v) is 18.5. The van der Waals surface area contributed by atoms with Gasteiger partial charge in [-0.15, -0.1) is 37.1 Å². The van der Waals surface area contributed by atoms with Crippen molar-refractivity contribution < 1.29 is 27.8 Å². The van der Waals surface area contributed by atoms with E-state index in [4.69, 9.17) is 33.7 Å². The highest BCUT2D eigenvalue weighted by molar-refractivity contribution is 14.0. The van der Waals surface area contributed by atoms with Gasteiger partial charge in [0.15, 0.2) is 11.7 Å². The number of nitrogens with one attached hydrogen (secondary N) is 1. The fourth-order valence-corrected chi connectivity index (χ4v) is 2.35. The van der Waals surface area contributed by atoms with E-state index < -0.39 is 18.2 Å². The molecule has 0 radical (unpaired) electrons. The second-order valence-corrected chi connectivity index (χ2v) is 6.20. The maximum atomic E-state index is 12.4. The number of ether oxygens (including phenoxy) is 2. The normalized spacial score (nSPS) is 12.7. The number of hydrogen-bond donors (Lipinski definition) is 3. The van der Waals surface area contributed by atoms with Crippen molar-refractivity contribution in [1.82, 2.24) is 0 Å². The summed E-state index contributed by atoms with van der Waals surface area (Å²) in [5.74, 6) is -0.382. The van der Waals surface area contributed by atoms with Gasteiger partial charge in [0.1, 0.15) is 23.5 Å².